The van der Waals surface area contributed by atoms with Crippen LogP contribution >= 0.6 is 11.3 Å². The molecule has 3 rings (SSSR count). The largest absolute Gasteiger partial charge is 0.339 e. The average molecular weight is 256 g/mol. The number of benzene rings is 1. The molecule has 0 saturated carbocycles. The van der Waals surface area contributed by atoms with Crippen LogP contribution < -0.4 is 0 Å². The van der Waals surface area contributed by atoms with E-state index in [0.29, 0.717) is 18.1 Å². The van der Waals surface area contributed by atoms with Gasteiger partial charge in [-0.25, -0.2) is 0 Å². The smallest absolute Gasteiger partial charge is 0.231 e. The van der Waals surface area contributed by atoms with Crippen LogP contribution in [0.25, 0.3) is 11.4 Å². The van der Waals surface area contributed by atoms with Crippen LogP contribution in [-0.2, 0) is 6.42 Å². The Morgan fingerprint density at radius 1 is 1.28 bits per heavy atom. The second kappa shape index (κ2) is 4.74. The summed E-state index contributed by atoms with van der Waals surface area (Å²) in [5.74, 6) is 1.31. The average Bonchev–Trinajstić information content (AvgIpc) is 3.01. The summed E-state index contributed by atoms with van der Waals surface area (Å²) in [7, 11) is 0. The van der Waals surface area contributed by atoms with Gasteiger partial charge in [-0.15, -0.1) is 0 Å². The fourth-order valence-corrected chi connectivity index (χ4v) is 2.46. The van der Waals surface area contributed by atoms with Crippen molar-refractivity contribution in [1.82, 2.24) is 10.1 Å². The molecule has 0 aliphatic carbocycles. The zero-order valence-corrected chi connectivity index (χ0v) is 10.8. The topological polar surface area (TPSA) is 38.9 Å². The van der Waals surface area contributed by atoms with E-state index < -0.39 is 0 Å². The molecule has 4 heteroatoms. The first kappa shape index (κ1) is 11.2. The second-order valence-electron chi connectivity index (χ2n) is 4.19. The summed E-state index contributed by atoms with van der Waals surface area (Å²) < 4.78 is 5.28. The Bertz CT molecular complexity index is 643. The Hall–Kier alpha value is -1.94. The van der Waals surface area contributed by atoms with E-state index in [1.54, 1.807) is 11.3 Å². The molecular weight excluding hydrogens is 244 g/mol. The molecule has 2 heterocycles. The molecule has 0 bridgehead atoms. The first-order valence-electron chi connectivity index (χ1n) is 5.72. The summed E-state index contributed by atoms with van der Waals surface area (Å²) >= 11 is 1.67. The molecule has 0 radical (unpaired) electrons. The zero-order chi connectivity index (χ0) is 12.4. The fraction of sp³-hybridized carbons (Fsp3) is 0.143. The Balaban J connectivity index is 1.85. The molecule has 0 aliphatic heterocycles. The molecule has 0 spiro atoms. The normalized spacial score (nSPS) is 10.7. The Morgan fingerprint density at radius 3 is 3.00 bits per heavy atom. The molecule has 18 heavy (non-hydrogen) atoms. The molecule has 0 N–H and O–H groups in total. The molecule has 0 atom stereocenters. The van der Waals surface area contributed by atoms with Crippen molar-refractivity contribution in [3.8, 4) is 11.4 Å². The number of hydrogen-bond donors (Lipinski definition) is 0. The maximum atomic E-state index is 5.28. The summed E-state index contributed by atoms with van der Waals surface area (Å²) in [5, 5.41) is 8.17. The third kappa shape index (κ3) is 2.33. The summed E-state index contributed by atoms with van der Waals surface area (Å²) in [6.07, 6.45) is 0.697. The predicted molar refractivity (Wildman–Crippen MR) is 71.6 cm³/mol. The number of aromatic nitrogens is 2. The minimum Gasteiger partial charge on any atom is -0.339 e. The molecule has 90 valence electrons. The van der Waals surface area contributed by atoms with Gasteiger partial charge in [0.15, 0.2) is 0 Å². The van der Waals surface area contributed by atoms with Gasteiger partial charge in [0.1, 0.15) is 0 Å². The Kier molecular flexibility index (Phi) is 2.94. The third-order valence-corrected chi connectivity index (χ3v) is 3.41. The summed E-state index contributed by atoms with van der Waals surface area (Å²) in [6, 6.07) is 10.2. The molecule has 2 aromatic heterocycles. The van der Waals surface area contributed by atoms with Gasteiger partial charge in [0, 0.05) is 5.56 Å². The molecule has 0 unspecified atom stereocenters. The minimum atomic E-state index is 0.656. The van der Waals surface area contributed by atoms with Crippen molar-refractivity contribution in [3.63, 3.8) is 0 Å². The summed E-state index contributed by atoms with van der Waals surface area (Å²) in [5.41, 5.74) is 3.39. The predicted octanol–water partition coefficient (Wildman–Crippen LogP) is 3.70. The molecule has 3 nitrogen and oxygen atoms in total. The standard InChI is InChI=1S/C14H12N2OS/c1-10-3-2-4-12(7-10)14-15-13(17-16-14)8-11-5-6-18-9-11/h2-7,9H,8H2,1H3. The highest BCUT2D eigenvalue weighted by Gasteiger charge is 2.09. The maximum absolute atomic E-state index is 5.28. The number of hydrogen-bond acceptors (Lipinski definition) is 4. The Morgan fingerprint density at radius 2 is 2.22 bits per heavy atom. The molecule has 1 aromatic carbocycles. The van der Waals surface area contributed by atoms with Crippen LogP contribution in [0.1, 0.15) is 17.0 Å². The monoisotopic (exact) mass is 256 g/mol. The van der Waals surface area contributed by atoms with E-state index in [1.165, 1.54) is 11.1 Å². The van der Waals surface area contributed by atoms with Crippen LogP contribution in [0.2, 0.25) is 0 Å². The van der Waals surface area contributed by atoms with Gasteiger partial charge >= 0.3 is 0 Å². The number of nitrogens with zero attached hydrogens (tertiary/aromatic N) is 2. The molecule has 0 fully saturated rings. The van der Waals surface area contributed by atoms with E-state index in [9.17, 15) is 0 Å². The van der Waals surface area contributed by atoms with Crippen molar-refractivity contribution in [2.75, 3.05) is 0 Å². The van der Waals surface area contributed by atoms with Gasteiger partial charge in [-0.3, -0.25) is 0 Å². The van der Waals surface area contributed by atoms with Crippen LogP contribution in [0, 0.1) is 6.92 Å². The van der Waals surface area contributed by atoms with E-state index in [1.807, 2.05) is 17.5 Å². The molecular formula is C14H12N2OS. The number of aryl methyl sites for hydroxylation is 1. The SMILES string of the molecule is Cc1cccc(-c2noc(Cc3ccsc3)n2)c1. The van der Waals surface area contributed by atoms with Crippen molar-refractivity contribution in [2.45, 2.75) is 13.3 Å². The minimum absolute atomic E-state index is 0.656. The quantitative estimate of drug-likeness (QED) is 0.717. The lowest BCUT2D eigenvalue weighted by Gasteiger charge is -1.95. The lowest BCUT2D eigenvalue weighted by molar-refractivity contribution is 0.386. The van der Waals surface area contributed by atoms with Crippen LogP contribution in [0.15, 0.2) is 45.6 Å². The van der Waals surface area contributed by atoms with Crippen LogP contribution in [0.5, 0.6) is 0 Å². The molecule has 0 amide bonds. The van der Waals surface area contributed by atoms with Crippen LogP contribution in [0.4, 0.5) is 0 Å². The van der Waals surface area contributed by atoms with Crippen molar-refractivity contribution in [1.29, 1.82) is 0 Å². The van der Waals surface area contributed by atoms with Crippen molar-refractivity contribution < 1.29 is 4.52 Å². The van der Waals surface area contributed by atoms with E-state index >= 15 is 0 Å². The van der Waals surface area contributed by atoms with E-state index in [4.69, 9.17) is 4.52 Å². The lowest BCUT2D eigenvalue weighted by Crippen LogP contribution is -1.86. The van der Waals surface area contributed by atoms with Gasteiger partial charge in [-0.1, -0.05) is 28.9 Å². The Labute approximate surface area is 109 Å². The fourth-order valence-electron chi connectivity index (χ4n) is 1.80. The van der Waals surface area contributed by atoms with Gasteiger partial charge in [0.05, 0.1) is 6.42 Å². The maximum Gasteiger partial charge on any atom is 0.231 e. The molecule has 0 aliphatic rings. The highest BCUT2D eigenvalue weighted by molar-refractivity contribution is 7.07. The van der Waals surface area contributed by atoms with Gasteiger partial charge < -0.3 is 4.52 Å². The lowest BCUT2D eigenvalue weighted by atomic mass is 10.1. The van der Waals surface area contributed by atoms with Crippen molar-refractivity contribution >= 4 is 11.3 Å². The second-order valence-corrected chi connectivity index (χ2v) is 4.97. The zero-order valence-electron chi connectivity index (χ0n) is 9.96. The van der Waals surface area contributed by atoms with Crippen LogP contribution in [0.3, 0.4) is 0 Å². The van der Waals surface area contributed by atoms with Gasteiger partial charge in [0.2, 0.25) is 11.7 Å². The van der Waals surface area contributed by atoms with Gasteiger partial charge in [-0.2, -0.15) is 16.3 Å². The first-order valence-corrected chi connectivity index (χ1v) is 6.66. The number of rotatable bonds is 3. The molecule has 0 saturated heterocycles. The number of thiophene rings is 1. The van der Waals surface area contributed by atoms with E-state index in [0.717, 1.165) is 5.56 Å². The van der Waals surface area contributed by atoms with E-state index in [2.05, 4.69) is 40.6 Å². The first-order chi connectivity index (χ1) is 8.81. The highest BCUT2D eigenvalue weighted by Crippen LogP contribution is 2.18. The summed E-state index contributed by atoms with van der Waals surface area (Å²) in [6.45, 7) is 2.05. The van der Waals surface area contributed by atoms with Crippen LogP contribution in [-0.4, -0.2) is 10.1 Å². The van der Waals surface area contributed by atoms with Crippen molar-refractivity contribution in [3.05, 3.63) is 58.1 Å². The van der Waals surface area contributed by atoms with Gasteiger partial charge in [0.25, 0.3) is 0 Å². The van der Waals surface area contributed by atoms with E-state index in [-0.39, 0.29) is 0 Å². The third-order valence-electron chi connectivity index (χ3n) is 2.68. The van der Waals surface area contributed by atoms with Crippen molar-refractivity contribution in [2.24, 2.45) is 0 Å². The van der Waals surface area contributed by atoms with Gasteiger partial charge in [-0.05, 0) is 35.4 Å². The highest BCUT2D eigenvalue weighted by atomic mass is 32.1. The summed E-state index contributed by atoms with van der Waals surface area (Å²) in [4.78, 5) is 4.42. The molecule has 3 aromatic rings.